The van der Waals surface area contributed by atoms with Crippen molar-refractivity contribution in [2.24, 2.45) is 0 Å². The van der Waals surface area contributed by atoms with Gasteiger partial charge in [-0.3, -0.25) is 9.69 Å². The molecule has 0 unspecified atom stereocenters. The molecule has 4 nitrogen and oxygen atoms in total. The molecule has 2 aromatic rings. The normalized spacial score (nSPS) is 22.4. The Bertz CT molecular complexity index is 795. The molecule has 2 fully saturated rings. The quantitative estimate of drug-likeness (QED) is 0.764. The lowest BCUT2D eigenvalue weighted by molar-refractivity contribution is -0.119. The molecule has 2 aliphatic rings. The Hall–Kier alpha value is -2.05. The van der Waals surface area contributed by atoms with Crippen molar-refractivity contribution < 1.29 is 9.53 Å². The van der Waals surface area contributed by atoms with Crippen LogP contribution in [0.2, 0.25) is 0 Å². The van der Waals surface area contributed by atoms with E-state index in [1.807, 2.05) is 49.4 Å². The van der Waals surface area contributed by atoms with Gasteiger partial charge in [0.25, 0.3) is 5.91 Å². The van der Waals surface area contributed by atoms with E-state index in [2.05, 4.69) is 17.0 Å². The molecule has 0 N–H and O–H groups in total. The van der Waals surface area contributed by atoms with Crippen LogP contribution in [0.25, 0.3) is 0 Å². The molecule has 2 heterocycles. The van der Waals surface area contributed by atoms with Crippen molar-refractivity contribution in [3.8, 4) is 5.75 Å². The Balaban J connectivity index is 1.62. The van der Waals surface area contributed by atoms with Crippen molar-refractivity contribution in [2.75, 3.05) is 17.3 Å². The van der Waals surface area contributed by atoms with Gasteiger partial charge in [-0.2, -0.15) is 0 Å². The first-order valence-electron chi connectivity index (χ1n) is 8.26. The number of anilines is 1. The van der Waals surface area contributed by atoms with Crippen molar-refractivity contribution >= 4 is 40.7 Å². The van der Waals surface area contributed by atoms with Crippen LogP contribution >= 0.6 is 24.0 Å². The minimum absolute atomic E-state index is 0.0610. The number of hydrogen-bond acceptors (Lipinski definition) is 4. The van der Waals surface area contributed by atoms with Gasteiger partial charge in [-0.05, 0) is 49.0 Å². The van der Waals surface area contributed by atoms with Gasteiger partial charge in [-0.1, -0.05) is 30.3 Å². The highest BCUT2D eigenvalue weighted by molar-refractivity contribution is 7.99. The van der Waals surface area contributed by atoms with Gasteiger partial charge in [0.1, 0.15) is 17.2 Å². The molecule has 6 heteroatoms. The van der Waals surface area contributed by atoms with E-state index in [9.17, 15) is 4.79 Å². The van der Waals surface area contributed by atoms with E-state index in [-0.39, 0.29) is 17.3 Å². The minimum atomic E-state index is -0.186. The number of thiocarbonyl (C=S) groups is 1. The molecule has 2 saturated heterocycles. The average molecular weight is 370 g/mol. The molecule has 0 saturated carbocycles. The molecular formula is C19H18N2O2S2. The van der Waals surface area contributed by atoms with Crippen molar-refractivity contribution in [1.82, 2.24) is 4.90 Å². The largest absolute Gasteiger partial charge is 0.494 e. The number of ether oxygens (including phenoxy) is 1. The first-order chi connectivity index (χ1) is 12.2. The number of rotatable bonds is 4. The summed E-state index contributed by atoms with van der Waals surface area (Å²) < 4.78 is 5.51. The number of amides is 1. The predicted molar refractivity (Wildman–Crippen MR) is 105 cm³/mol. The maximum absolute atomic E-state index is 12.9. The highest BCUT2D eigenvalue weighted by Crippen LogP contribution is 2.46. The summed E-state index contributed by atoms with van der Waals surface area (Å²) in [5.41, 5.74) is 1.98. The fourth-order valence-corrected chi connectivity index (χ4v) is 5.18. The first kappa shape index (κ1) is 16.4. The number of carbonyl (C=O) groups excluding carboxylic acids is 1. The topological polar surface area (TPSA) is 32.8 Å². The van der Waals surface area contributed by atoms with Crippen LogP contribution in [0.1, 0.15) is 17.9 Å². The summed E-state index contributed by atoms with van der Waals surface area (Å²) in [7, 11) is 0. The predicted octanol–water partition coefficient (Wildman–Crippen LogP) is 3.83. The second-order valence-corrected chi connectivity index (χ2v) is 7.38. The number of para-hydroxylation sites is 1. The molecule has 0 aromatic heterocycles. The molecule has 4 rings (SSSR count). The highest BCUT2D eigenvalue weighted by Gasteiger charge is 2.50. The van der Waals surface area contributed by atoms with Gasteiger partial charge >= 0.3 is 0 Å². The number of thioether (sulfide) groups is 1. The molecule has 2 aromatic carbocycles. The monoisotopic (exact) mass is 370 g/mol. The van der Waals surface area contributed by atoms with E-state index in [4.69, 9.17) is 17.0 Å². The summed E-state index contributed by atoms with van der Waals surface area (Å²) in [6, 6.07) is 17.5. The standard InChI is InChI=1S/C19H18N2O2S2/c1-2-23-15-10-8-13(9-11-15)18-21-16(12-25-18)17(22)20(19(21)24)14-6-4-3-5-7-14/h3-11,16,18H,2,12H2,1H3/t16-,18-/m0/s1. The number of nitrogens with zero attached hydrogens (tertiary/aromatic N) is 2. The lowest BCUT2D eigenvalue weighted by Crippen LogP contribution is -2.33. The maximum atomic E-state index is 12.9. The highest BCUT2D eigenvalue weighted by atomic mass is 32.2. The number of carbonyl (C=O) groups is 1. The average Bonchev–Trinajstić information content (AvgIpc) is 3.17. The van der Waals surface area contributed by atoms with Gasteiger partial charge in [0.15, 0.2) is 5.11 Å². The molecule has 0 spiro atoms. The van der Waals surface area contributed by atoms with E-state index in [1.54, 1.807) is 16.7 Å². The number of hydrogen-bond donors (Lipinski definition) is 0. The van der Waals surface area contributed by atoms with Crippen molar-refractivity contribution in [3.05, 3.63) is 60.2 Å². The number of fused-ring (bicyclic) bond motifs is 1. The van der Waals surface area contributed by atoms with Gasteiger partial charge in [-0.25, -0.2) is 0 Å². The van der Waals surface area contributed by atoms with Crippen LogP contribution in [0.15, 0.2) is 54.6 Å². The third-order valence-corrected chi connectivity index (χ3v) is 6.13. The second kappa shape index (κ2) is 6.69. The summed E-state index contributed by atoms with van der Waals surface area (Å²) in [6.07, 6.45) is 0. The van der Waals surface area contributed by atoms with Crippen LogP contribution in [0, 0.1) is 0 Å². The van der Waals surface area contributed by atoms with Crippen LogP contribution in [0.5, 0.6) is 5.75 Å². The molecular weight excluding hydrogens is 352 g/mol. The maximum Gasteiger partial charge on any atom is 0.257 e. The molecule has 1 amide bonds. The Morgan fingerprint density at radius 3 is 2.56 bits per heavy atom. The number of benzene rings is 2. The summed E-state index contributed by atoms with van der Waals surface area (Å²) in [6.45, 7) is 2.62. The van der Waals surface area contributed by atoms with Crippen molar-refractivity contribution in [2.45, 2.75) is 18.3 Å². The lowest BCUT2D eigenvalue weighted by atomic mass is 10.2. The third kappa shape index (κ3) is 2.79. The van der Waals surface area contributed by atoms with Crippen LogP contribution in [0.3, 0.4) is 0 Å². The summed E-state index contributed by atoms with van der Waals surface area (Å²) in [5.74, 6) is 1.68. The minimum Gasteiger partial charge on any atom is -0.494 e. The molecule has 0 aliphatic carbocycles. The zero-order chi connectivity index (χ0) is 17.4. The van der Waals surface area contributed by atoms with Crippen molar-refractivity contribution in [3.63, 3.8) is 0 Å². The van der Waals surface area contributed by atoms with E-state index in [0.29, 0.717) is 11.7 Å². The zero-order valence-corrected chi connectivity index (χ0v) is 15.4. The molecule has 0 bridgehead atoms. The van der Waals surface area contributed by atoms with Crippen LogP contribution in [0.4, 0.5) is 5.69 Å². The molecule has 0 radical (unpaired) electrons. The van der Waals surface area contributed by atoms with Crippen molar-refractivity contribution in [1.29, 1.82) is 0 Å². The Labute approximate surface area is 156 Å². The Kier molecular flexibility index (Phi) is 4.39. The first-order valence-corrected chi connectivity index (χ1v) is 9.72. The SMILES string of the molecule is CCOc1ccc([C@@H]2SC[C@H]3C(=O)N(c4ccccc4)C(=S)N32)cc1. The van der Waals surface area contributed by atoms with Gasteiger partial charge in [0, 0.05) is 5.75 Å². The lowest BCUT2D eigenvalue weighted by Gasteiger charge is -2.25. The summed E-state index contributed by atoms with van der Waals surface area (Å²) in [5, 5.41) is 0.649. The van der Waals surface area contributed by atoms with Crippen LogP contribution < -0.4 is 9.64 Å². The van der Waals surface area contributed by atoms with Gasteiger partial charge in [0.2, 0.25) is 0 Å². The smallest absolute Gasteiger partial charge is 0.257 e. The Morgan fingerprint density at radius 2 is 1.88 bits per heavy atom. The molecule has 25 heavy (non-hydrogen) atoms. The van der Waals surface area contributed by atoms with E-state index in [0.717, 1.165) is 22.8 Å². The summed E-state index contributed by atoms with van der Waals surface area (Å²) >= 11 is 7.44. The van der Waals surface area contributed by atoms with Gasteiger partial charge in [-0.15, -0.1) is 11.8 Å². The van der Waals surface area contributed by atoms with E-state index in [1.165, 1.54) is 0 Å². The molecule has 128 valence electrons. The fraction of sp³-hybridized carbons (Fsp3) is 0.263. The van der Waals surface area contributed by atoms with E-state index >= 15 is 0 Å². The van der Waals surface area contributed by atoms with Crippen LogP contribution in [-0.2, 0) is 4.79 Å². The van der Waals surface area contributed by atoms with Gasteiger partial charge < -0.3 is 9.64 Å². The summed E-state index contributed by atoms with van der Waals surface area (Å²) in [4.78, 5) is 16.6. The Morgan fingerprint density at radius 1 is 1.16 bits per heavy atom. The zero-order valence-electron chi connectivity index (χ0n) is 13.8. The second-order valence-electron chi connectivity index (χ2n) is 5.90. The van der Waals surface area contributed by atoms with Gasteiger partial charge in [0.05, 0.1) is 12.3 Å². The van der Waals surface area contributed by atoms with Crippen LogP contribution in [-0.4, -0.2) is 34.3 Å². The fourth-order valence-electron chi connectivity index (χ4n) is 3.26. The van der Waals surface area contributed by atoms with E-state index < -0.39 is 0 Å². The molecule has 2 aliphatic heterocycles. The molecule has 2 atom stereocenters. The third-order valence-electron chi connectivity index (χ3n) is 4.41.